The number of hydrogen-bond donors (Lipinski definition) is 0. The van der Waals surface area contributed by atoms with E-state index in [0.29, 0.717) is 23.4 Å². The van der Waals surface area contributed by atoms with E-state index in [1.54, 1.807) is 18.9 Å². The molecule has 11 heteroatoms. The summed E-state index contributed by atoms with van der Waals surface area (Å²) in [6.45, 7) is 3.64. The summed E-state index contributed by atoms with van der Waals surface area (Å²) in [6, 6.07) is 0.632. The Hall–Kier alpha value is -2.69. The topological polar surface area (TPSA) is 85.9 Å². The van der Waals surface area contributed by atoms with Crippen molar-refractivity contribution in [2.45, 2.75) is 39.5 Å². The van der Waals surface area contributed by atoms with E-state index in [9.17, 15) is 27.6 Å². The van der Waals surface area contributed by atoms with Gasteiger partial charge < -0.3 is 14.2 Å². The van der Waals surface area contributed by atoms with Crippen LogP contribution in [0.15, 0.2) is 10.9 Å². The van der Waals surface area contributed by atoms with Crippen molar-refractivity contribution in [3.05, 3.63) is 33.4 Å². The van der Waals surface area contributed by atoms with Crippen molar-refractivity contribution in [1.82, 2.24) is 19.1 Å². The molecule has 0 aliphatic rings. The Bertz CT molecular complexity index is 933. The summed E-state index contributed by atoms with van der Waals surface area (Å²) in [6.07, 6.45) is -3.66. The van der Waals surface area contributed by atoms with Crippen LogP contribution in [0, 0.1) is 0 Å². The molecule has 2 rings (SSSR count). The van der Waals surface area contributed by atoms with Gasteiger partial charge in [-0.3, -0.25) is 14.4 Å². The maximum atomic E-state index is 13.1. The Kier molecular flexibility index (Phi) is 6.60. The minimum Gasteiger partial charge on any atom is -0.465 e. The van der Waals surface area contributed by atoms with E-state index in [-0.39, 0.29) is 30.1 Å². The SMILES string of the molecule is CCCN(C)Cc1c(C=O)n(CC(=O)OCC)c2cc(C(F)(F)F)nn2c1=O. The normalized spacial score (nSPS) is 12.0. The summed E-state index contributed by atoms with van der Waals surface area (Å²) in [5, 5.41) is 3.36. The third kappa shape index (κ3) is 4.41. The highest BCUT2D eigenvalue weighted by Crippen LogP contribution is 2.28. The van der Waals surface area contributed by atoms with Gasteiger partial charge in [0.05, 0.1) is 17.9 Å². The van der Waals surface area contributed by atoms with Gasteiger partial charge in [0.2, 0.25) is 0 Å². The molecule has 0 spiro atoms. The van der Waals surface area contributed by atoms with Gasteiger partial charge in [0, 0.05) is 12.6 Å². The Labute approximate surface area is 158 Å². The zero-order valence-electron chi connectivity index (χ0n) is 15.7. The van der Waals surface area contributed by atoms with Gasteiger partial charge >= 0.3 is 12.1 Å². The number of nitrogens with zero attached hydrogens (tertiary/aromatic N) is 4. The highest BCUT2D eigenvalue weighted by atomic mass is 19.4. The van der Waals surface area contributed by atoms with Crippen LogP contribution in [0.3, 0.4) is 0 Å². The molecule has 0 aliphatic carbocycles. The first-order chi connectivity index (χ1) is 13.1. The second-order valence-electron chi connectivity index (χ2n) is 6.21. The van der Waals surface area contributed by atoms with E-state index in [2.05, 4.69) is 5.10 Å². The molecule has 0 bridgehead atoms. The zero-order valence-corrected chi connectivity index (χ0v) is 15.7. The van der Waals surface area contributed by atoms with E-state index in [0.717, 1.165) is 11.0 Å². The average molecular weight is 402 g/mol. The molecular weight excluding hydrogens is 381 g/mol. The van der Waals surface area contributed by atoms with E-state index in [1.165, 1.54) is 0 Å². The predicted octanol–water partition coefficient (Wildman–Crippen LogP) is 1.73. The Morgan fingerprint density at radius 3 is 2.57 bits per heavy atom. The summed E-state index contributed by atoms with van der Waals surface area (Å²) in [7, 11) is 1.71. The first kappa shape index (κ1) is 21.6. The minimum atomic E-state index is -4.79. The van der Waals surface area contributed by atoms with Gasteiger partial charge in [-0.05, 0) is 26.9 Å². The molecule has 28 heavy (non-hydrogen) atoms. The van der Waals surface area contributed by atoms with Crippen LogP contribution in [-0.4, -0.2) is 51.5 Å². The molecule has 0 saturated heterocycles. The lowest BCUT2D eigenvalue weighted by atomic mass is 10.2. The molecule has 2 heterocycles. The summed E-state index contributed by atoms with van der Waals surface area (Å²) < 4.78 is 45.8. The third-order valence-electron chi connectivity index (χ3n) is 4.05. The van der Waals surface area contributed by atoms with Gasteiger partial charge in [-0.15, -0.1) is 0 Å². The van der Waals surface area contributed by atoms with Crippen LogP contribution in [0.4, 0.5) is 13.2 Å². The lowest BCUT2D eigenvalue weighted by molar-refractivity contribution is -0.144. The number of aromatic nitrogens is 3. The monoisotopic (exact) mass is 402 g/mol. The van der Waals surface area contributed by atoms with Crippen molar-refractivity contribution < 1.29 is 27.5 Å². The molecule has 0 aromatic carbocycles. The van der Waals surface area contributed by atoms with E-state index < -0.39 is 29.9 Å². The lowest BCUT2D eigenvalue weighted by Crippen LogP contribution is -2.32. The standard InChI is InChI=1S/C17H21F3N4O4/c1-4-6-22(3)8-11-12(10-25)23(9-15(26)28-5-2)14-7-13(17(18,19)20)21-24(14)16(11)27/h7,10H,4-6,8-9H2,1-3H3. The highest BCUT2D eigenvalue weighted by Gasteiger charge is 2.35. The molecule has 0 N–H and O–H groups in total. The Balaban J connectivity index is 2.77. The van der Waals surface area contributed by atoms with Crippen LogP contribution >= 0.6 is 0 Å². The largest absolute Gasteiger partial charge is 0.465 e. The molecule has 0 radical (unpaired) electrons. The molecule has 2 aromatic rings. The number of fused-ring (bicyclic) bond motifs is 1. The van der Waals surface area contributed by atoms with E-state index in [4.69, 9.17) is 4.74 Å². The minimum absolute atomic E-state index is 0.0146. The number of ether oxygens (including phenoxy) is 1. The van der Waals surface area contributed by atoms with Gasteiger partial charge in [-0.1, -0.05) is 6.92 Å². The number of hydrogen-bond acceptors (Lipinski definition) is 6. The van der Waals surface area contributed by atoms with Gasteiger partial charge in [0.1, 0.15) is 12.2 Å². The molecule has 0 saturated carbocycles. The summed E-state index contributed by atoms with van der Waals surface area (Å²) >= 11 is 0. The molecule has 0 unspecified atom stereocenters. The number of carbonyl (C=O) groups excluding carboxylic acids is 2. The number of esters is 1. The molecule has 154 valence electrons. The second-order valence-corrected chi connectivity index (χ2v) is 6.21. The molecule has 0 amide bonds. The lowest BCUT2D eigenvalue weighted by Gasteiger charge is -2.19. The quantitative estimate of drug-likeness (QED) is 0.494. The fraction of sp³-hybridized carbons (Fsp3) is 0.529. The third-order valence-corrected chi connectivity index (χ3v) is 4.05. The second kappa shape index (κ2) is 8.55. The predicted molar refractivity (Wildman–Crippen MR) is 93.1 cm³/mol. The Morgan fingerprint density at radius 2 is 2.04 bits per heavy atom. The Morgan fingerprint density at radius 1 is 1.36 bits per heavy atom. The van der Waals surface area contributed by atoms with Crippen LogP contribution in [0.1, 0.15) is 42.0 Å². The summed E-state index contributed by atoms with van der Waals surface area (Å²) in [4.78, 5) is 38.2. The van der Waals surface area contributed by atoms with Crippen LogP contribution in [0.5, 0.6) is 0 Å². The van der Waals surface area contributed by atoms with Gasteiger partial charge in [-0.2, -0.15) is 22.8 Å². The first-order valence-corrected chi connectivity index (χ1v) is 8.65. The maximum absolute atomic E-state index is 13.1. The molecule has 8 nitrogen and oxygen atoms in total. The van der Waals surface area contributed by atoms with Crippen molar-refractivity contribution in [3.63, 3.8) is 0 Å². The van der Waals surface area contributed by atoms with E-state index >= 15 is 0 Å². The van der Waals surface area contributed by atoms with Crippen molar-refractivity contribution in [2.75, 3.05) is 20.2 Å². The summed E-state index contributed by atoms with van der Waals surface area (Å²) in [5.41, 5.74) is -2.66. The molecule has 0 aliphatic heterocycles. The van der Waals surface area contributed by atoms with Gasteiger partial charge in [0.15, 0.2) is 12.0 Å². The number of carbonyl (C=O) groups is 2. The molecule has 0 fully saturated rings. The van der Waals surface area contributed by atoms with Crippen LogP contribution in [0.2, 0.25) is 0 Å². The van der Waals surface area contributed by atoms with Crippen LogP contribution in [-0.2, 0) is 28.8 Å². The number of alkyl halides is 3. The maximum Gasteiger partial charge on any atom is 0.435 e. The fourth-order valence-electron chi connectivity index (χ4n) is 2.89. The highest BCUT2D eigenvalue weighted by molar-refractivity contribution is 5.78. The number of halogens is 3. The van der Waals surface area contributed by atoms with E-state index in [1.807, 2.05) is 6.92 Å². The van der Waals surface area contributed by atoms with Crippen LogP contribution < -0.4 is 5.56 Å². The molecular formula is C17H21F3N4O4. The van der Waals surface area contributed by atoms with Gasteiger partial charge in [-0.25, -0.2) is 0 Å². The van der Waals surface area contributed by atoms with Crippen LogP contribution in [0.25, 0.3) is 5.65 Å². The summed E-state index contributed by atoms with van der Waals surface area (Å²) in [5.74, 6) is -0.751. The molecule has 2 aromatic heterocycles. The first-order valence-electron chi connectivity index (χ1n) is 8.65. The van der Waals surface area contributed by atoms with Crippen molar-refractivity contribution in [1.29, 1.82) is 0 Å². The average Bonchev–Trinajstić information content (AvgIpc) is 3.05. The number of rotatable bonds is 8. The van der Waals surface area contributed by atoms with Crippen molar-refractivity contribution in [3.8, 4) is 0 Å². The zero-order chi connectivity index (χ0) is 21.1. The molecule has 0 atom stereocenters. The fourth-order valence-corrected chi connectivity index (χ4v) is 2.89. The number of aldehydes is 1. The smallest absolute Gasteiger partial charge is 0.435 e. The van der Waals surface area contributed by atoms with Crippen molar-refractivity contribution >= 4 is 17.9 Å². The van der Waals surface area contributed by atoms with Crippen molar-refractivity contribution in [2.24, 2.45) is 0 Å². The van der Waals surface area contributed by atoms with Gasteiger partial charge in [0.25, 0.3) is 5.56 Å².